The summed E-state index contributed by atoms with van der Waals surface area (Å²) in [4.78, 5) is 2.58. The van der Waals surface area contributed by atoms with Crippen molar-refractivity contribution in [1.29, 1.82) is 0 Å². The minimum absolute atomic E-state index is 0.0723. The van der Waals surface area contributed by atoms with Crippen molar-refractivity contribution < 1.29 is 4.74 Å². The Morgan fingerprint density at radius 3 is 2.75 bits per heavy atom. The van der Waals surface area contributed by atoms with Crippen molar-refractivity contribution in [3.8, 4) is 0 Å². The van der Waals surface area contributed by atoms with E-state index in [0.717, 1.165) is 18.9 Å². The van der Waals surface area contributed by atoms with E-state index in [0.29, 0.717) is 12.1 Å². The van der Waals surface area contributed by atoms with Crippen LogP contribution in [-0.4, -0.2) is 42.4 Å². The van der Waals surface area contributed by atoms with E-state index in [9.17, 15) is 0 Å². The lowest BCUT2D eigenvalue weighted by Crippen LogP contribution is -2.40. The molecule has 3 nitrogen and oxygen atoms in total. The molecule has 3 atom stereocenters. The van der Waals surface area contributed by atoms with Crippen LogP contribution >= 0.6 is 0 Å². The second-order valence-electron chi connectivity index (χ2n) is 5.99. The number of hydrogen-bond acceptors (Lipinski definition) is 3. The van der Waals surface area contributed by atoms with Gasteiger partial charge in [0.05, 0.1) is 6.10 Å². The van der Waals surface area contributed by atoms with Crippen LogP contribution < -0.4 is 5.32 Å². The number of nitrogens with one attached hydrogen (secondary N) is 1. The van der Waals surface area contributed by atoms with Crippen LogP contribution in [0.4, 0.5) is 0 Å². The lowest BCUT2D eigenvalue weighted by Gasteiger charge is -2.28. The minimum Gasteiger partial charge on any atom is -0.357 e. The van der Waals surface area contributed by atoms with Gasteiger partial charge in [-0.2, -0.15) is 0 Å². The van der Waals surface area contributed by atoms with Crippen molar-refractivity contribution in [3.05, 3.63) is 0 Å². The van der Waals surface area contributed by atoms with E-state index in [1.165, 1.54) is 19.5 Å². The van der Waals surface area contributed by atoms with Crippen LogP contribution in [0.15, 0.2) is 0 Å². The molecule has 0 spiro atoms. The van der Waals surface area contributed by atoms with Crippen molar-refractivity contribution >= 4 is 0 Å². The Balaban J connectivity index is 1.83. The molecule has 0 aromatic carbocycles. The van der Waals surface area contributed by atoms with Crippen LogP contribution in [0.2, 0.25) is 0 Å². The highest BCUT2D eigenvalue weighted by Crippen LogP contribution is 2.30. The first-order valence-corrected chi connectivity index (χ1v) is 6.65. The summed E-state index contributed by atoms with van der Waals surface area (Å²) in [6, 6.07) is 0.689. The average molecular weight is 226 g/mol. The molecule has 2 saturated heterocycles. The SMILES string of the molecule is CC1CNC(C)(CC2CCN(C(C)C)C2)O1. The lowest BCUT2D eigenvalue weighted by atomic mass is 9.97. The third-order valence-electron chi connectivity index (χ3n) is 3.95. The molecule has 2 heterocycles. The molecule has 16 heavy (non-hydrogen) atoms. The van der Waals surface area contributed by atoms with E-state index >= 15 is 0 Å². The van der Waals surface area contributed by atoms with Crippen LogP contribution in [0.3, 0.4) is 0 Å². The summed E-state index contributed by atoms with van der Waals surface area (Å²) in [5.41, 5.74) is -0.0723. The van der Waals surface area contributed by atoms with E-state index < -0.39 is 0 Å². The highest BCUT2D eigenvalue weighted by molar-refractivity contribution is 4.88. The monoisotopic (exact) mass is 226 g/mol. The van der Waals surface area contributed by atoms with Gasteiger partial charge in [0.1, 0.15) is 5.72 Å². The van der Waals surface area contributed by atoms with Crippen LogP contribution in [0, 0.1) is 5.92 Å². The molecule has 0 saturated carbocycles. The molecule has 0 amide bonds. The quantitative estimate of drug-likeness (QED) is 0.794. The Morgan fingerprint density at radius 2 is 2.25 bits per heavy atom. The van der Waals surface area contributed by atoms with E-state index in [-0.39, 0.29) is 5.72 Å². The summed E-state index contributed by atoms with van der Waals surface area (Å²) in [5.74, 6) is 0.796. The Kier molecular flexibility index (Phi) is 3.57. The summed E-state index contributed by atoms with van der Waals surface area (Å²) in [6.07, 6.45) is 2.85. The van der Waals surface area contributed by atoms with Gasteiger partial charge in [0.15, 0.2) is 0 Å². The third kappa shape index (κ3) is 2.76. The van der Waals surface area contributed by atoms with E-state index in [4.69, 9.17) is 4.74 Å². The summed E-state index contributed by atoms with van der Waals surface area (Å²) in [7, 11) is 0. The van der Waals surface area contributed by atoms with Crippen molar-refractivity contribution in [3.63, 3.8) is 0 Å². The molecule has 1 N–H and O–H groups in total. The molecule has 94 valence electrons. The fourth-order valence-corrected chi connectivity index (χ4v) is 3.06. The average Bonchev–Trinajstić information content (AvgIpc) is 2.74. The molecule has 0 radical (unpaired) electrons. The third-order valence-corrected chi connectivity index (χ3v) is 3.95. The minimum atomic E-state index is -0.0723. The topological polar surface area (TPSA) is 24.5 Å². The van der Waals surface area contributed by atoms with Gasteiger partial charge in [-0.25, -0.2) is 0 Å². The molecule has 0 aromatic heterocycles. The molecule has 2 rings (SSSR count). The maximum Gasteiger partial charge on any atom is 0.117 e. The van der Waals surface area contributed by atoms with Crippen molar-refractivity contribution in [2.24, 2.45) is 5.92 Å². The zero-order valence-corrected chi connectivity index (χ0v) is 11.1. The predicted molar refractivity (Wildman–Crippen MR) is 66.4 cm³/mol. The van der Waals surface area contributed by atoms with Crippen LogP contribution in [0.1, 0.15) is 40.5 Å². The molecule has 3 heteroatoms. The summed E-state index contributed by atoms with van der Waals surface area (Å²) >= 11 is 0. The number of hydrogen-bond donors (Lipinski definition) is 1. The highest BCUT2D eigenvalue weighted by atomic mass is 16.5. The fourth-order valence-electron chi connectivity index (χ4n) is 3.06. The van der Waals surface area contributed by atoms with Crippen LogP contribution in [0.5, 0.6) is 0 Å². The number of likely N-dealkylation sites (tertiary alicyclic amines) is 1. The molecule has 0 aliphatic carbocycles. The van der Waals surface area contributed by atoms with Crippen molar-refractivity contribution in [2.45, 2.75) is 58.4 Å². The molecule has 0 aromatic rings. The van der Waals surface area contributed by atoms with Gasteiger partial charge < -0.3 is 9.64 Å². The summed E-state index contributed by atoms with van der Waals surface area (Å²) in [6.45, 7) is 12.4. The maximum atomic E-state index is 5.98. The fraction of sp³-hybridized carbons (Fsp3) is 1.00. The van der Waals surface area contributed by atoms with Gasteiger partial charge in [0.2, 0.25) is 0 Å². The normalized spacial score (nSPS) is 41.1. The first-order valence-electron chi connectivity index (χ1n) is 6.65. The number of ether oxygens (including phenoxy) is 1. The molecule has 2 aliphatic rings. The van der Waals surface area contributed by atoms with Crippen molar-refractivity contribution in [1.82, 2.24) is 10.2 Å². The molecular formula is C13H26N2O. The lowest BCUT2D eigenvalue weighted by molar-refractivity contribution is -0.0451. The standard InChI is InChI=1S/C13H26N2O/c1-10(2)15-6-5-12(9-15)7-13(4)14-8-11(3)16-13/h10-12,14H,5-9H2,1-4H3. The molecular weight excluding hydrogens is 200 g/mol. The number of nitrogens with zero attached hydrogens (tertiary/aromatic N) is 1. The predicted octanol–water partition coefficient (Wildman–Crippen LogP) is 1.83. The largest absolute Gasteiger partial charge is 0.357 e. The van der Waals surface area contributed by atoms with Crippen LogP contribution in [-0.2, 0) is 4.74 Å². The zero-order chi connectivity index (χ0) is 11.8. The Morgan fingerprint density at radius 1 is 1.50 bits per heavy atom. The van der Waals surface area contributed by atoms with Gasteiger partial charge in [-0.05, 0) is 53.0 Å². The summed E-state index contributed by atoms with van der Waals surface area (Å²) in [5, 5.41) is 3.51. The van der Waals surface area contributed by atoms with E-state index in [1.54, 1.807) is 0 Å². The molecule has 2 aliphatic heterocycles. The first-order chi connectivity index (χ1) is 7.48. The Hall–Kier alpha value is -0.120. The van der Waals surface area contributed by atoms with Gasteiger partial charge in [0.25, 0.3) is 0 Å². The second kappa shape index (κ2) is 4.63. The van der Waals surface area contributed by atoms with Gasteiger partial charge in [-0.3, -0.25) is 5.32 Å². The first kappa shape index (κ1) is 12.3. The van der Waals surface area contributed by atoms with Gasteiger partial charge in [0, 0.05) is 19.1 Å². The zero-order valence-electron chi connectivity index (χ0n) is 11.1. The van der Waals surface area contributed by atoms with E-state index in [2.05, 4.69) is 37.9 Å². The Bertz CT molecular complexity index is 244. The van der Waals surface area contributed by atoms with Crippen molar-refractivity contribution in [2.75, 3.05) is 19.6 Å². The van der Waals surface area contributed by atoms with Gasteiger partial charge in [-0.1, -0.05) is 0 Å². The number of rotatable bonds is 3. The van der Waals surface area contributed by atoms with Gasteiger partial charge in [-0.15, -0.1) is 0 Å². The molecule has 3 unspecified atom stereocenters. The maximum absolute atomic E-state index is 5.98. The molecule has 2 fully saturated rings. The van der Waals surface area contributed by atoms with Crippen LogP contribution in [0.25, 0.3) is 0 Å². The summed E-state index contributed by atoms with van der Waals surface area (Å²) < 4.78 is 5.98. The molecule has 0 bridgehead atoms. The Labute approximate surface area is 99.5 Å². The smallest absolute Gasteiger partial charge is 0.117 e. The van der Waals surface area contributed by atoms with Gasteiger partial charge >= 0.3 is 0 Å². The second-order valence-corrected chi connectivity index (χ2v) is 5.99. The van der Waals surface area contributed by atoms with E-state index in [1.807, 2.05) is 0 Å². The highest BCUT2D eigenvalue weighted by Gasteiger charge is 2.37.